The maximum Gasteiger partial charge on any atom is 0.262 e. The summed E-state index contributed by atoms with van der Waals surface area (Å²) in [5.74, 6) is -1.12. The van der Waals surface area contributed by atoms with Crippen molar-refractivity contribution < 1.29 is 14.0 Å². The number of para-hydroxylation sites is 1. The summed E-state index contributed by atoms with van der Waals surface area (Å²) in [5.41, 5.74) is 7.39. The zero-order valence-corrected chi connectivity index (χ0v) is 21.5. The first-order chi connectivity index (χ1) is 17.8. The second-order valence-corrected chi connectivity index (χ2v) is 9.49. The van der Waals surface area contributed by atoms with Gasteiger partial charge in [0, 0.05) is 33.3 Å². The number of halogens is 1. The second kappa shape index (κ2) is 11.2. The van der Waals surface area contributed by atoms with Crippen molar-refractivity contribution in [2.24, 2.45) is 11.0 Å². The van der Waals surface area contributed by atoms with E-state index >= 15 is 0 Å². The number of hydrazone groups is 1. The van der Waals surface area contributed by atoms with Gasteiger partial charge < -0.3 is 9.88 Å². The van der Waals surface area contributed by atoms with Crippen LogP contribution in [0.3, 0.4) is 0 Å². The van der Waals surface area contributed by atoms with E-state index in [0.717, 1.165) is 27.7 Å². The molecule has 7 heteroatoms. The number of nitrogens with one attached hydrogen (secondary N) is 2. The molecule has 0 bridgehead atoms. The third kappa shape index (κ3) is 5.77. The van der Waals surface area contributed by atoms with Gasteiger partial charge in [0.15, 0.2) is 0 Å². The van der Waals surface area contributed by atoms with Gasteiger partial charge in [-0.05, 0) is 44.0 Å². The molecule has 4 rings (SSSR count). The third-order valence-corrected chi connectivity index (χ3v) is 6.48. The number of amides is 2. The Balaban J connectivity index is 1.53. The summed E-state index contributed by atoms with van der Waals surface area (Å²) in [4.78, 5) is 25.6. The van der Waals surface area contributed by atoms with Crippen LogP contribution in [0.1, 0.15) is 46.6 Å². The molecule has 1 heterocycles. The minimum atomic E-state index is -0.755. The Labute approximate surface area is 216 Å². The van der Waals surface area contributed by atoms with Crippen LogP contribution in [0, 0.1) is 25.6 Å². The van der Waals surface area contributed by atoms with Gasteiger partial charge in [-0.3, -0.25) is 9.59 Å². The monoisotopic (exact) mass is 498 g/mol. The Morgan fingerprint density at radius 2 is 1.65 bits per heavy atom. The molecule has 190 valence electrons. The average molecular weight is 499 g/mol. The molecule has 0 aliphatic rings. The topological polar surface area (TPSA) is 75.5 Å². The first-order valence-electron chi connectivity index (χ1n) is 12.3. The second-order valence-electron chi connectivity index (χ2n) is 9.49. The molecule has 4 aromatic rings. The predicted molar refractivity (Wildman–Crippen MR) is 145 cm³/mol. The fraction of sp³-hybridized carbons (Fsp3) is 0.233. The van der Waals surface area contributed by atoms with E-state index in [1.807, 2.05) is 74.7 Å². The highest BCUT2D eigenvalue weighted by molar-refractivity contribution is 6.02. The molecule has 3 aromatic carbocycles. The zero-order chi connectivity index (χ0) is 26.5. The highest BCUT2D eigenvalue weighted by Gasteiger charge is 2.24. The number of fused-ring (bicyclic) bond motifs is 1. The molecule has 37 heavy (non-hydrogen) atoms. The molecule has 2 amide bonds. The van der Waals surface area contributed by atoms with Crippen molar-refractivity contribution in [2.75, 3.05) is 0 Å². The van der Waals surface area contributed by atoms with Gasteiger partial charge in [-0.2, -0.15) is 5.10 Å². The van der Waals surface area contributed by atoms with Crippen LogP contribution < -0.4 is 10.7 Å². The number of rotatable bonds is 8. The molecule has 6 nitrogen and oxygen atoms in total. The summed E-state index contributed by atoms with van der Waals surface area (Å²) in [6, 6.07) is 21.0. The summed E-state index contributed by atoms with van der Waals surface area (Å²) in [7, 11) is 0. The van der Waals surface area contributed by atoms with Crippen molar-refractivity contribution in [1.82, 2.24) is 15.3 Å². The molecular weight excluding hydrogens is 467 g/mol. The molecule has 1 aromatic heterocycles. The fourth-order valence-corrected chi connectivity index (χ4v) is 4.32. The Hall–Kier alpha value is -4.26. The Morgan fingerprint density at radius 3 is 2.35 bits per heavy atom. The number of carbonyl (C=O) groups is 2. The fourth-order valence-electron chi connectivity index (χ4n) is 4.32. The number of benzene rings is 3. The van der Waals surface area contributed by atoms with Gasteiger partial charge in [0.05, 0.1) is 12.8 Å². The highest BCUT2D eigenvalue weighted by atomic mass is 19.1. The van der Waals surface area contributed by atoms with Crippen LogP contribution in [0.15, 0.2) is 77.9 Å². The minimum Gasteiger partial charge on any atom is -0.340 e. The van der Waals surface area contributed by atoms with Crippen molar-refractivity contribution >= 4 is 28.9 Å². The third-order valence-electron chi connectivity index (χ3n) is 6.48. The van der Waals surface area contributed by atoms with E-state index in [1.165, 1.54) is 6.07 Å². The van der Waals surface area contributed by atoms with E-state index in [0.29, 0.717) is 17.7 Å². The lowest BCUT2D eigenvalue weighted by Gasteiger charge is -2.20. The highest BCUT2D eigenvalue weighted by Crippen LogP contribution is 2.26. The van der Waals surface area contributed by atoms with Gasteiger partial charge >= 0.3 is 0 Å². The van der Waals surface area contributed by atoms with Crippen molar-refractivity contribution in [2.45, 2.75) is 40.3 Å². The Kier molecular flexibility index (Phi) is 7.82. The smallest absolute Gasteiger partial charge is 0.262 e. The quantitative estimate of drug-likeness (QED) is 0.254. The molecule has 0 saturated carbocycles. The Morgan fingerprint density at radius 1 is 0.973 bits per heavy atom. The lowest BCUT2D eigenvalue weighted by atomic mass is 10.0. The molecule has 1 unspecified atom stereocenters. The van der Waals surface area contributed by atoms with Gasteiger partial charge in [-0.1, -0.05) is 67.9 Å². The number of hydrogen-bond donors (Lipinski definition) is 2. The molecule has 0 aliphatic heterocycles. The summed E-state index contributed by atoms with van der Waals surface area (Å²) in [6.07, 6.45) is 1.60. The summed E-state index contributed by atoms with van der Waals surface area (Å²) >= 11 is 0. The number of hydrogen-bond acceptors (Lipinski definition) is 3. The molecule has 0 spiro atoms. The van der Waals surface area contributed by atoms with Crippen LogP contribution >= 0.6 is 0 Å². The van der Waals surface area contributed by atoms with Crippen molar-refractivity contribution in [1.29, 1.82) is 0 Å². The molecular formula is C30H31FN4O2. The van der Waals surface area contributed by atoms with Crippen LogP contribution in [-0.4, -0.2) is 28.6 Å². The summed E-state index contributed by atoms with van der Waals surface area (Å²) < 4.78 is 16.4. The molecule has 1 atom stereocenters. The first kappa shape index (κ1) is 25.8. The maximum atomic E-state index is 14.3. The van der Waals surface area contributed by atoms with E-state index in [-0.39, 0.29) is 17.6 Å². The van der Waals surface area contributed by atoms with Gasteiger partial charge in [0.1, 0.15) is 11.9 Å². The van der Waals surface area contributed by atoms with Crippen LogP contribution in [0.4, 0.5) is 4.39 Å². The number of carbonyl (C=O) groups excluding carboxylic acids is 2. The van der Waals surface area contributed by atoms with Gasteiger partial charge in [-0.25, -0.2) is 9.82 Å². The zero-order valence-electron chi connectivity index (χ0n) is 21.5. The normalized spacial score (nSPS) is 12.3. The van der Waals surface area contributed by atoms with E-state index in [4.69, 9.17) is 0 Å². The summed E-state index contributed by atoms with van der Waals surface area (Å²) in [5, 5.41) is 7.98. The standard InChI is InChI=1S/C30H31FN4O2/c1-19(2)28(33-29(36)22-15-13-20(3)14-16-22)30(37)34-32-17-25-21(4)35(27-12-8-6-10-24(25)27)18-23-9-5-7-11-26(23)31/h5-17,19,28H,18H2,1-4H3,(H,33,36)(H,34,37)/b32-17-. The minimum absolute atomic E-state index is 0.144. The lowest BCUT2D eigenvalue weighted by molar-refractivity contribution is -0.123. The maximum absolute atomic E-state index is 14.3. The van der Waals surface area contributed by atoms with Crippen molar-refractivity contribution in [3.63, 3.8) is 0 Å². The Bertz CT molecular complexity index is 1450. The molecule has 2 N–H and O–H groups in total. The lowest BCUT2D eigenvalue weighted by Crippen LogP contribution is -2.48. The SMILES string of the molecule is Cc1ccc(C(=O)NC(C(=O)N/N=C\c2c(C)n(Cc3ccccc3F)c3ccccc23)C(C)C)cc1. The van der Waals surface area contributed by atoms with E-state index in [9.17, 15) is 14.0 Å². The van der Waals surface area contributed by atoms with Gasteiger partial charge in [0.2, 0.25) is 0 Å². The number of nitrogens with zero attached hydrogens (tertiary/aromatic N) is 2. The predicted octanol–water partition coefficient (Wildman–Crippen LogP) is 5.35. The van der Waals surface area contributed by atoms with Crippen molar-refractivity contribution in [3.05, 3.63) is 107 Å². The van der Waals surface area contributed by atoms with E-state index < -0.39 is 11.9 Å². The van der Waals surface area contributed by atoms with E-state index in [1.54, 1.807) is 30.5 Å². The van der Waals surface area contributed by atoms with Crippen LogP contribution in [0.5, 0.6) is 0 Å². The van der Waals surface area contributed by atoms with Crippen LogP contribution in [-0.2, 0) is 11.3 Å². The number of aromatic nitrogens is 1. The molecule has 0 aliphatic carbocycles. The van der Waals surface area contributed by atoms with Crippen molar-refractivity contribution in [3.8, 4) is 0 Å². The first-order valence-corrected chi connectivity index (χ1v) is 12.3. The molecule has 0 radical (unpaired) electrons. The molecule has 0 saturated heterocycles. The largest absolute Gasteiger partial charge is 0.340 e. The van der Waals surface area contributed by atoms with Crippen LogP contribution in [0.2, 0.25) is 0 Å². The van der Waals surface area contributed by atoms with E-state index in [2.05, 4.69) is 15.8 Å². The number of aryl methyl sites for hydroxylation is 1. The average Bonchev–Trinajstić information content (AvgIpc) is 3.14. The van der Waals surface area contributed by atoms with Crippen LogP contribution in [0.25, 0.3) is 10.9 Å². The molecule has 0 fully saturated rings. The van der Waals surface area contributed by atoms with Gasteiger partial charge in [-0.15, -0.1) is 0 Å². The summed E-state index contributed by atoms with van der Waals surface area (Å²) in [6.45, 7) is 8.00. The van der Waals surface area contributed by atoms with Gasteiger partial charge in [0.25, 0.3) is 11.8 Å².